The Balaban J connectivity index is 1.06. The Morgan fingerprint density at radius 1 is 0.371 bits per heavy atom. The van der Waals surface area contributed by atoms with Gasteiger partial charge in [0, 0.05) is 60.0 Å². The second-order valence-corrected chi connectivity index (χ2v) is 22.7. The van der Waals surface area contributed by atoms with Crippen LogP contribution in [0, 0.1) is 0 Å². The second-order valence-electron chi connectivity index (χ2n) is 17.7. The third-order valence-corrected chi connectivity index (χ3v) is 15.2. The average Bonchev–Trinajstić information content (AvgIpc) is 4.05. The van der Waals surface area contributed by atoms with E-state index in [2.05, 4.69) is 227 Å². The van der Waals surface area contributed by atoms with Gasteiger partial charge in [-0.05, 0) is 71.4 Å². The van der Waals surface area contributed by atoms with Crippen LogP contribution in [-0.4, -0.2) is 21.8 Å². The fourth-order valence-electron chi connectivity index (χ4n) is 10.6. The van der Waals surface area contributed by atoms with Gasteiger partial charge in [-0.15, -0.1) is 0 Å². The van der Waals surface area contributed by atoms with Gasteiger partial charge < -0.3 is 18.1 Å². The molecule has 4 heterocycles. The van der Waals surface area contributed by atoms with E-state index >= 15 is 0 Å². The van der Waals surface area contributed by atoms with Crippen LogP contribution in [0.2, 0.25) is 19.6 Å². The van der Waals surface area contributed by atoms with E-state index in [0.717, 1.165) is 49.9 Å². The molecule has 0 saturated carbocycles. The SMILES string of the molecule is C[Si](C)(C)c1ccccc1-n1c2ccccc2c2cccc(-c3cccc4oc5c(-n6c7ccccc7c7cc(-n8c9ccccc9c9ccccc98)ccc76)cccc5c34)c21. The molecule has 0 fully saturated rings. The number of fused-ring (bicyclic) bond motifs is 12. The van der Waals surface area contributed by atoms with E-state index in [9.17, 15) is 0 Å². The summed E-state index contributed by atoms with van der Waals surface area (Å²) in [5.74, 6) is 0. The summed E-state index contributed by atoms with van der Waals surface area (Å²) in [4.78, 5) is 0. The van der Waals surface area contributed by atoms with Crippen LogP contribution in [0.5, 0.6) is 0 Å². The van der Waals surface area contributed by atoms with Gasteiger partial charge in [0.05, 0.1) is 46.9 Å². The lowest BCUT2D eigenvalue weighted by Crippen LogP contribution is -2.40. The van der Waals surface area contributed by atoms with Crippen molar-refractivity contribution in [2.75, 3.05) is 0 Å². The minimum Gasteiger partial charge on any atom is -0.454 e. The fourth-order valence-corrected chi connectivity index (χ4v) is 12.1. The van der Waals surface area contributed by atoms with Crippen molar-refractivity contribution in [2.45, 2.75) is 19.6 Å². The summed E-state index contributed by atoms with van der Waals surface area (Å²) in [6.07, 6.45) is 0. The first-order valence-corrected chi connectivity index (χ1v) is 25.0. The Bertz CT molecular complexity index is 3930. The van der Waals surface area contributed by atoms with Gasteiger partial charge in [0.25, 0.3) is 0 Å². The molecule has 0 spiro atoms. The molecule has 0 unspecified atom stereocenters. The highest BCUT2D eigenvalue weighted by Crippen LogP contribution is 2.45. The lowest BCUT2D eigenvalue weighted by atomic mass is 9.97. The summed E-state index contributed by atoms with van der Waals surface area (Å²) in [6, 6.07) is 71.1. The van der Waals surface area contributed by atoms with E-state index in [4.69, 9.17) is 4.42 Å². The first-order valence-electron chi connectivity index (χ1n) is 21.5. The van der Waals surface area contributed by atoms with E-state index in [1.165, 1.54) is 70.8 Å². The lowest BCUT2D eigenvalue weighted by molar-refractivity contribution is 0.666. The number of furan rings is 1. The van der Waals surface area contributed by atoms with Gasteiger partial charge in [0.15, 0.2) is 5.58 Å². The van der Waals surface area contributed by atoms with Crippen molar-refractivity contribution in [1.29, 1.82) is 0 Å². The molecule has 0 aliphatic rings. The summed E-state index contributed by atoms with van der Waals surface area (Å²) in [5.41, 5.74) is 14.7. The molecule has 9 aromatic carbocycles. The lowest BCUT2D eigenvalue weighted by Gasteiger charge is -2.23. The predicted molar refractivity (Wildman–Crippen MR) is 265 cm³/mol. The minimum atomic E-state index is -1.73. The van der Waals surface area contributed by atoms with Gasteiger partial charge in [-0.3, -0.25) is 0 Å². The van der Waals surface area contributed by atoms with Gasteiger partial charge in [0.2, 0.25) is 0 Å². The number of hydrogen-bond acceptors (Lipinski definition) is 1. The second kappa shape index (κ2) is 12.9. The number of rotatable bonds is 5. The molecule has 0 N–H and O–H groups in total. The van der Waals surface area contributed by atoms with Crippen molar-refractivity contribution in [3.8, 4) is 28.2 Å². The normalized spacial score (nSPS) is 12.4. The average molecular weight is 812 g/mol. The molecular formula is C57H41N3OSi. The van der Waals surface area contributed by atoms with Crippen LogP contribution in [0.15, 0.2) is 199 Å². The zero-order valence-corrected chi connectivity index (χ0v) is 35.7. The molecule has 0 radical (unpaired) electrons. The third-order valence-electron chi connectivity index (χ3n) is 13.2. The molecule has 0 amide bonds. The van der Waals surface area contributed by atoms with Crippen LogP contribution in [0.3, 0.4) is 0 Å². The van der Waals surface area contributed by atoms with Crippen molar-refractivity contribution in [3.63, 3.8) is 0 Å². The summed E-state index contributed by atoms with van der Waals surface area (Å²) in [5, 5.41) is 11.1. The molecule has 0 bridgehead atoms. The molecule has 62 heavy (non-hydrogen) atoms. The molecule has 4 nitrogen and oxygen atoms in total. The van der Waals surface area contributed by atoms with E-state index in [0.29, 0.717) is 0 Å². The van der Waals surface area contributed by atoms with Gasteiger partial charge in [0.1, 0.15) is 5.58 Å². The molecule has 0 atom stereocenters. The van der Waals surface area contributed by atoms with Crippen LogP contribution in [0.25, 0.3) is 116 Å². The summed E-state index contributed by atoms with van der Waals surface area (Å²) in [7, 11) is -1.73. The highest BCUT2D eigenvalue weighted by molar-refractivity contribution is 6.89. The molecule has 0 aliphatic carbocycles. The van der Waals surface area contributed by atoms with Crippen LogP contribution in [-0.2, 0) is 0 Å². The molecule has 13 aromatic rings. The Morgan fingerprint density at radius 3 is 1.58 bits per heavy atom. The number of nitrogens with zero attached hydrogens (tertiary/aromatic N) is 3. The first kappa shape index (κ1) is 35.2. The van der Waals surface area contributed by atoms with Gasteiger partial charge >= 0.3 is 0 Å². The number of aromatic nitrogens is 3. The summed E-state index contributed by atoms with van der Waals surface area (Å²) < 4.78 is 14.4. The van der Waals surface area contributed by atoms with Gasteiger partial charge in [-0.25, -0.2) is 0 Å². The third kappa shape index (κ3) is 4.88. The Kier molecular flexibility index (Phi) is 7.35. The largest absolute Gasteiger partial charge is 0.454 e. The maximum atomic E-state index is 7.07. The van der Waals surface area contributed by atoms with Crippen molar-refractivity contribution in [2.24, 2.45) is 0 Å². The highest BCUT2D eigenvalue weighted by atomic mass is 28.3. The van der Waals surface area contributed by atoms with Gasteiger partial charge in [-0.2, -0.15) is 0 Å². The Labute approximate surface area is 359 Å². The monoisotopic (exact) mass is 811 g/mol. The highest BCUT2D eigenvalue weighted by Gasteiger charge is 2.26. The smallest absolute Gasteiger partial charge is 0.159 e. The zero-order chi connectivity index (χ0) is 41.3. The molecule has 5 heteroatoms. The predicted octanol–water partition coefficient (Wildman–Crippen LogP) is 15.1. The van der Waals surface area contributed by atoms with Crippen LogP contribution in [0.4, 0.5) is 0 Å². The maximum Gasteiger partial charge on any atom is 0.159 e. The first-order chi connectivity index (χ1) is 30.4. The van der Waals surface area contributed by atoms with Crippen LogP contribution >= 0.6 is 0 Å². The van der Waals surface area contributed by atoms with Crippen molar-refractivity contribution >= 4 is 101 Å². The number of benzene rings is 9. The molecular weight excluding hydrogens is 771 g/mol. The Hall–Kier alpha value is -7.60. The number of hydrogen-bond donors (Lipinski definition) is 0. The van der Waals surface area contributed by atoms with E-state index in [1.54, 1.807) is 0 Å². The van der Waals surface area contributed by atoms with Crippen molar-refractivity contribution in [3.05, 3.63) is 194 Å². The van der Waals surface area contributed by atoms with Crippen molar-refractivity contribution < 1.29 is 4.42 Å². The standard InChI is InChI=1S/C57H41N3OSi/c1-62(2,3)54-32-13-12-29-51(54)60-49-28-11-6-19-39(49)42-22-14-23-43(56(42)60)41-21-16-31-53-55(41)44-24-15-30-52(57(44)61-53)59-48-27-10-7-20-40(48)45-35-36(33-34-50(45)59)58-46-25-8-4-17-37(46)38-18-5-9-26-47(38)58/h4-35H,1-3H3. The quantitative estimate of drug-likeness (QED) is 0.159. The van der Waals surface area contributed by atoms with Crippen LogP contribution in [0.1, 0.15) is 0 Å². The van der Waals surface area contributed by atoms with E-state index in [-0.39, 0.29) is 0 Å². The molecule has 13 rings (SSSR count). The molecule has 0 saturated heterocycles. The molecule has 4 aromatic heterocycles. The van der Waals surface area contributed by atoms with Crippen molar-refractivity contribution in [1.82, 2.24) is 13.7 Å². The van der Waals surface area contributed by atoms with Gasteiger partial charge in [-0.1, -0.05) is 153 Å². The van der Waals surface area contributed by atoms with E-state index in [1.807, 2.05) is 0 Å². The molecule has 294 valence electrons. The summed E-state index contributed by atoms with van der Waals surface area (Å²) >= 11 is 0. The van der Waals surface area contributed by atoms with Crippen LogP contribution < -0.4 is 5.19 Å². The maximum absolute atomic E-state index is 7.07. The fraction of sp³-hybridized carbons (Fsp3) is 0.0526. The zero-order valence-electron chi connectivity index (χ0n) is 34.7. The minimum absolute atomic E-state index is 0.876. The Morgan fingerprint density at radius 2 is 0.871 bits per heavy atom. The number of para-hydroxylation sites is 7. The summed E-state index contributed by atoms with van der Waals surface area (Å²) in [6.45, 7) is 7.33. The molecule has 0 aliphatic heterocycles. The van der Waals surface area contributed by atoms with E-state index < -0.39 is 8.07 Å². The topological polar surface area (TPSA) is 27.9 Å².